The van der Waals surface area contributed by atoms with Crippen molar-refractivity contribution >= 4 is 23.7 Å². The Bertz CT molecular complexity index is 562. The van der Waals surface area contributed by atoms with Crippen molar-refractivity contribution in [1.29, 1.82) is 0 Å². The Hall–Kier alpha value is -1.43. The zero-order chi connectivity index (χ0) is 13.8. The van der Waals surface area contributed by atoms with Crippen molar-refractivity contribution in [2.75, 3.05) is 20.4 Å². The standard InChI is InChI=1S/C15H17NO3S.ClH/c1-16-8-7-11(14-6-3-9-20-14)19-13-5-2-4-12-15(13)18-10-17-12;/h2-6,9,11,16H,7-8,10H2,1H3;1H/t11-;/m1./s1. The van der Waals surface area contributed by atoms with Gasteiger partial charge < -0.3 is 19.5 Å². The maximum absolute atomic E-state index is 6.17. The van der Waals surface area contributed by atoms with Crippen LogP contribution in [-0.4, -0.2) is 20.4 Å². The van der Waals surface area contributed by atoms with E-state index in [2.05, 4.69) is 16.8 Å². The summed E-state index contributed by atoms with van der Waals surface area (Å²) in [5.41, 5.74) is 0. The van der Waals surface area contributed by atoms with Gasteiger partial charge in [-0.2, -0.15) is 0 Å². The molecule has 0 spiro atoms. The lowest BCUT2D eigenvalue weighted by atomic mass is 10.2. The predicted octanol–water partition coefficient (Wildman–Crippen LogP) is 3.63. The van der Waals surface area contributed by atoms with Gasteiger partial charge in [-0.1, -0.05) is 12.1 Å². The lowest BCUT2D eigenvalue weighted by Gasteiger charge is -2.18. The molecule has 2 heterocycles. The van der Waals surface area contributed by atoms with Crippen LogP contribution in [0.5, 0.6) is 17.2 Å². The topological polar surface area (TPSA) is 39.7 Å². The van der Waals surface area contributed by atoms with Crippen LogP contribution in [0, 0.1) is 0 Å². The molecule has 1 aliphatic rings. The van der Waals surface area contributed by atoms with Crippen LogP contribution in [0.25, 0.3) is 0 Å². The van der Waals surface area contributed by atoms with E-state index in [1.165, 1.54) is 4.88 Å². The van der Waals surface area contributed by atoms with E-state index in [0.717, 1.165) is 24.5 Å². The minimum absolute atomic E-state index is 0. The number of para-hydroxylation sites is 1. The van der Waals surface area contributed by atoms with E-state index in [0.29, 0.717) is 5.75 Å². The summed E-state index contributed by atoms with van der Waals surface area (Å²) in [5.74, 6) is 2.20. The van der Waals surface area contributed by atoms with Gasteiger partial charge in [-0.15, -0.1) is 23.7 Å². The smallest absolute Gasteiger partial charge is 0.231 e. The fraction of sp³-hybridized carbons (Fsp3) is 0.333. The van der Waals surface area contributed by atoms with Crippen molar-refractivity contribution in [3.63, 3.8) is 0 Å². The van der Waals surface area contributed by atoms with Gasteiger partial charge >= 0.3 is 0 Å². The van der Waals surface area contributed by atoms with E-state index in [-0.39, 0.29) is 25.3 Å². The number of benzene rings is 1. The molecule has 1 aromatic carbocycles. The number of fused-ring (bicyclic) bond motifs is 1. The Morgan fingerprint density at radius 2 is 2.19 bits per heavy atom. The molecule has 4 nitrogen and oxygen atoms in total. The van der Waals surface area contributed by atoms with Crippen LogP contribution in [0.1, 0.15) is 17.4 Å². The molecule has 0 fully saturated rings. The molecule has 0 bridgehead atoms. The summed E-state index contributed by atoms with van der Waals surface area (Å²) in [5, 5.41) is 5.24. The highest BCUT2D eigenvalue weighted by Crippen LogP contribution is 2.42. The van der Waals surface area contributed by atoms with Crippen molar-refractivity contribution in [3.05, 3.63) is 40.6 Å². The SMILES string of the molecule is CNCC[C@@H](Oc1cccc2c1OCO2)c1cccs1.Cl. The maximum atomic E-state index is 6.17. The number of thiophene rings is 1. The quantitative estimate of drug-likeness (QED) is 0.879. The molecule has 1 aromatic heterocycles. The summed E-state index contributed by atoms with van der Waals surface area (Å²) in [6.07, 6.45) is 0.930. The van der Waals surface area contributed by atoms with Crippen molar-refractivity contribution in [1.82, 2.24) is 5.32 Å². The lowest BCUT2D eigenvalue weighted by Crippen LogP contribution is -2.15. The molecule has 21 heavy (non-hydrogen) atoms. The molecule has 0 saturated heterocycles. The minimum Gasteiger partial charge on any atom is -0.481 e. The number of rotatable bonds is 6. The maximum Gasteiger partial charge on any atom is 0.231 e. The molecule has 2 aromatic rings. The third-order valence-electron chi connectivity index (χ3n) is 3.15. The van der Waals surface area contributed by atoms with Gasteiger partial charge in [0.1, 0.15) is 6.10 Å². The zero-order valence-corrected chi connectivity index (χ0v) is 13.3. The number of halogens is 1. The van der Waals surface area contributed by atoms with E-state index in [1.54, 1.807) is 11.3 Å². The predicted molar refractivity (Wildman–Crippen MR) is 86.0 cm³/mol. The lowest BCUT2D eigenvalue weighted by molar-refractivity contribution is 0.159. The first-order chi connectivity index (χ1) is 9.88. The van der Waals surface area contributed by atoms with Gasteiger partial charge in [0, 0.05) is 11.3 Å². The van der Waals surface area contributed by atoms with Gasteiger partial charge in [-0.3, -0.25) is 0 Å². The minimum atomic E-state index is 0. The first-order valence-electron chi connectivity index (χ1n) is 6.62. The fourth-order valence-corrected chi connectivity index (χ4v) is 2.95. The first kappa shape index (κ1) is 15.9. The first-order valence-corrected chi connectivity index (χ1v) is 7.49. The van der Waals surface area contributed by atoms with Crippen LogP contribution in [0.15, 0.2) is 35.7 Å². The molecule has 6 heteroatoms. The van der Waals surface area contributed by atoms with Gasteiger partial charge in [0.25, 0.3) is 0 Å². The summed E-state index contributed by atoms with van der Waals surface area (Å²) in [6, 6.07) is 9.89. The van der Waals surface area contributed by atoms with Crippen molar-refractivity contribution in [2.24, 2.45) is 0 Å². The van der Waals surface area contributed by atoms with Crippen molar-refractivity contribution < 1.29 is 14.2 Å². The van der Waals surface area contributed by atoms with Crippen molar-refractivity contribution in [2.45, 2.75) is 12.5 Å². The molecule has 1 atom stereocenters. The molecule has 3 rings (SSSR count). The molecule has 0 aliphatic carbocycles. The Morgan fingerprint density at radius 3 is 2.95 bits per heavy atom. The van der Waals surface area contributed by atoms with Crippen molar-refractivity contribution in [3.8, 4) is 17.2 Å². The number of hydrogen-bond acceptors (Lipinski definition) is 5. The summed E-state index contributed by atoms with van der Waals surface area (Å²) >= 11 is 1.71. The van der Waals surface area contributed by atoms with E-state index in [9.17, 15) is 0 Å². The van der Waals surface area contributed by atoms with Crippen LogP contribution in [0.2, 0.25) is 0 Å². The van der Waals surface area contributed by atoms with Gasteiger partial charge in [-0.05, 0) is 37.2 Å². The third kappa shape index (κ3) is 3.61. The summed E-state index contributed by atoms with van der Waals surface area (Å²) in [7, 11) is 1.95. The molecular formula is C15H18ClNO3S. The largest absolute Gasteiger partial charge is 0.481 e. The summed E-state index contributed by atoms with van der Waals surface area (Å²) < 4.78 is 17.0. The van der Waals surface area contributed by atoms with Crippen LogP contribution in [-0.2, 0) is 0 Å². The van der Waals surface area contributed by atoms with Gasteiger partial charge in [-0.25, -0.2) is 0 Å². The van der Waals surface area contributed by atoms with Crippen LogP contribution in [0.4, 0.5) is 0 Å². The molecule has 0 saturated carbocycles. The normalized spacial score (nSPS) is 13.6. The fourth-order valence-electron chi connectivity index (χ4n) is 2.16. The van der Waals surface area contributed by atoms with E-state index in [1.807, 2.05) is 31.3 Å². The van der Waals surface area contributed by atoms with E-state index < -0.39 is 0 Å². The molecule has 1 aliphatic heterocycles. The average molecular weight is 328 g/mol. The van der Waals surface area contributed by atoms with E-state index in [4.69, 9.17) is 14.2 Å². The Morgan fingerprint density at radius 1 is 1.29 bits per heavy atom. The summed E-state index contributed by atoms with van der Waals surface area (Å²) in [6.45, 7) is 1.16. The highest BCUT2D eigenvalue weighted by Gasteiger charge is 2.22. The Labute approximate surface area is 134 Å². The van der Waals surface area contributed by atoms with Crippen LogP contribution >= 0.6 is 23.7 Å². The van der Waals surface area contributed by atoms with Gasteiger partial charge in [0.2, 0.25) is 12.5 Å². The third-order valence-corrected chi connectivity index (χ3v) is 4.11. The molecule has 0 radical (unpaired) electrons. The Kier molecular flexibility index (Phi) is 5.73. The van der Waals surface area contributed by atoms with Gasteiger partial charge in [0.05, 0.1) is 0 Å². The van der Waals surface area contributed by atoms with E-state index >= 15 is 0 Å². The van der Waals surface area contributed by atoms with Gasteiger partial charge in [0.15, 0.2) is 11.5 Å². The number of ether oxygens (including phenoxy) is 3. The zero-order valence-electron chi connectivity index (χ0n) is 11.7. The summed E-state index contributed by atoms with van der Waals surface area (Å²) in [4.78, 5) is 1.22. The molecule has 0 unspecified atom stereocenters. The Balaban J connectivity index is 0.00000161. The van der Waals surface area contributed by atoms with Crippen LogP contribution < -0.4 is 19.5 Å². The molecule has 1 N–H and O–H groups in total. The number of hydrogen-bond donors (Lipinski definition) is 1. The number of nitrogens with one attached hydrogen (secondary N) is 1. The molecular weight excluding hydrogens is 310 g/mol. The second kappa shape index (κ2) is 7.54. The second-order valence-electron chi connectivity index (χ2n) is 4.50. The monoisotopic (exact) mass is 327 g/mol. The second-order valence-corrected chi connectivity index (χ2v) is 5.48. The highest BCUT2D eigenvalue weighted by atomic mass is 35.5. The molecule has 114 valence electrons. The molecule has 0 amide bonds. The van der Waals surface area contributed by atoms with Crippen LogP contribution in [0.3, 0.4) is 0 Å². The highest BCUT2D eigenvalue weighted by molar-refractivity contribution is 7.10. The average Bonchev–Trinajstić information content (AvgIpc) is 3.14.